The molecular formula is C17H22N6O4. The fourth-order valence-electron chi connectivity index (χ4n) is 3.08. The van der Waals surface area contributed by atoms with Crippen LogP contribution in [0.15, 0.2) is 24.7 Å². The number of carbonyl (C=O) groups excluding carboxylic acids is 2. The van der Waals surface area contributed by atoms with Crippen molar-refractivity contribution in [1.82, 2.24) is 24.9 Å². The molecule has 3 rings (SSSR count). The number of amides is 2. The summed E-state index contributed by atoms with van der Waals surface area (Å²) < 4.78 is 2.62. The Morgan fingerprint density at radius 2 is 1.93 bits per heavy atom. The molecule has 0 unspecified atom stereocenters. The minimum Gasteiger partial charge on any atom is -0.480 e. The first kappa shape index (κ1) is 18.6. The molecule has 2 aromatic rings. The maximum Gasteiger partial charge on any atom is 0.325 e. The largest absolute Gasteiger partial charge is 0.480 e. The average molecular weight is 374 g/mol. The standard InChI is InChI=1S/C17H22N6O4/c24-15(19-13-4-2-1-3-5-13)10-23-9-12(8-18-23)17(27)20-14-6-7-22(21-14)11-16(25)26/h6-9,13H,1-5,10-11H2,(H,19,24)(H,25,26)(H,20,21,27). The Morgan fingerprint density at radius 3 is 2.67 bits per heavy atom. The molecule has 1 saturated carbocycles. The van der Waals surface area contributed by atoms with Crippen molar-refractivity contribution in [3.63, 3.8) is 0 Å². The van der Waals surface area contributed by atoms with Crippen molar-refractivity contribution in [3.05, 3.63) is 30.2 Å². The quantitative estimate of drug-likeness (QED) is 0.659. The van der Waals surface area contributed by atoms with Crippen LogP contribution in [0.1, 0.15) is 42.5 Å². The first-order chi connectivity index (χ1) is 13.0. The molecule has 10 nitrogen and oxygen atoms in total. The summed E-state index contributed by atoms with van der Waals surface area (Å²) in [6, 6.07) is 1.73. The Labute approximate surface area is 155 Å². The van der Waals surface area contributed by atoms with Gasteiger partial charge in [-0.05, 0) is 12.8 Å². The molecule has 1 aliphatic rings. The maximum atomic E-state index is 12.2. The number of hydrogen-bond acceptors (Lipinski definition) is 5. The number of carboxylic acid groups (broad SMARTS) is 1. The van der Waals surface area contributed by atoms with Gasteiger partial charge >= 0.3 is 5.97 Å². The van der Waals surface area contributed by atoms with Crippen molar-refractivity contribution in [2.45, 2.75) is 51.2 Å². The monoisotopic (exact) mass is 374 g/mol. The van der Waals surface area contributed by atoms with Crippen LogP contribution in [0.2, 0.25) is 0 Å². The Kier molecular flexibility index (Phi) is 5.84. The molecule has 0 atom stereocenters. The lowest BCUT2D eigenvalue weighted by molar-refractivity contribution is -0.137. The van der Waals surface area contributed by atoms with Crippen molar-refractivity contribution in [1.29, 1.82) is 0 Å². The molecule has 27 heavy (non-hydrogen) atoms. The summed E-state index contributed by atoms with van der Waals surface area (Å²) in [6.07, 6.45) is 9.83. The highest BCUT2D eigenvalue weighted by Gasteiger charge is 2.17. The van der Waals surface area contributed by atoms with E-state index in [1.165, 1.54) is 40.4 Å². The highest BCUT2D eigenvalue weighted by molar-refractivity contribution is 6.03. The van der Waals surface area contributed by atoms with E-state index in [4.69, 9.17) is 5.11 Å². The van der Waals surface area contributed by atoms with E-state index in [2.05, 4.69) is 20.8 Å². The van der Waals surface area contributed by atoms with Crippen molar-refractivity contribution in [3.8, 4) is 0 Å². The minimum absolute atomic E-state index is 0.0526. The number of hydrogen-bond donors (Lipinski definition) is 3. The van der Waals surface area contributed by atoms with Gasteiger partial charge in [0, 0.05) is 24.5 Å². The molecule has 144 valence electrons. The van der Waals surface area contributed by atoms with E-state index < -0.39 is 11.9 Å². The first-order valence-corrected chi connectivity index (χ1v) is 8.88. The number of nitrogens with one attached hydrogen (secondary N) is 2. The van der Waals surface area contributed by atoms with Gasteiger partial charge in [0.2, 0.25) is 5.91 Å². The summed E-state index contributed by atoms with van der Waals surface area (Å²) in [5, 5.41) is 22.3. The molecule has 0 spiro atoms. The Balaban J connectivity index is 1.51. The number of nitrogens with zero attached hydrogens (tertiary/aromatic N) is 4. The van der Waals surface area contributed by atoms with Crippen LogP contribution in [0, 0.1) is 0 Å². The van der Waals surface area contributed by atoms with Gasteiger partial charge < -0.3 is 15.7 Å². The SMILES string of the molecule is O=C(O)Cn1ccc(NC(=O)c2cnn(CC(=O)NC3CCCCC3)c2)n1. The number of carboxylic acids is 1. The fraction of sp³-hybridized carbons (Fsp3) is 0.471. The second-order valence-electron chi connectivity index (χ2n) is 6.58. The number of anilines is 1. The van der Waals surface area contributed by atoms with E-state index in [0.29, 0.717) is 0 Å². The molecule has 1 fully saturated rings. The number of aromatic nitrogens is 4. The molecule has 2 amide bonds. The van der Waals surface area contributed by atoms with Gasteiger partial charge in [0.25, 0.3) is 5.91 Å². The van der Waals surface area contributed by atoms with Crippen LogP contribution >= 0.6 is 0 Å². The Morgan fingerprint density at radius 1 is 1.15 bits per heavy atom. The molecule has 0 saturated heterocycles. The lowest BCUT2D eigenvalue weighted by Gasteiger charge is -2.22. The Bertz CT molecular complexity index is 821. The van der Waals surface area contributed by atoms with Crippen LogP contribution in [0.25, 0.3) is 0 Å². The average Bonchev–Trinajstić information content (AvgIpc) is 3.25. The molecule has 0 bridgehead atoms. The number of rotatable bonds is 7. The summed E-state index contributed by atoms with van der Waals surface area (Å²) in [5.74, 6) is -1.34. The van der Waals surface area contributed by atoms with Gasteiger partial charge in [-0.25, -0.2) is 0 Å². The molecule has 2 aromatic heterocycles. The normalized spacial score (nSPS) is 14.7. The highest BCUT2D eigenvalue weighted by Crippen LogP contribution is 2.17. The topological polar surface area (TPSA) is 131 Å². The van der Waals surface area contributed by atoms with Gasteiger partial charge in [0.15, 0.2) is 5.82 Å². The van der Waals surface area contributed by atoms with Gasteiger partial charge in [-0.15, -0.1) is 0 Å². The second-order valence-corrected chi connectivity index (χ2v) is 6.58. The molecule has 2 heterocycles. The lowest BCUT2D eigenvalue weighted by Crippen LogP contribution is -2.38. The number of aliphatic carboxylic acids is 1. The van der Waals surface area contributed by atoms with Gasteiger partial charge in [-0.2, -0.15) is 10.2 Å². The van der Waals surface area contributed by atoms with Crippen LogP contribution in [-0.4, -0.2) is 48.5 Å². The molecular weight excluding hydrogens is 352 g/mol. The third-order valence-electron chi connectivity index (χ3n) is 4.35. The van der Waals surface area contributed by atoms with E-state index in [9.17, 15) is 14.4 Å². The van der Waals surface area contributed by atoms with Crippen LogP contribution in [0.3, 0.4) is 0 Å². The summed E-state index contributed by atoms with van der Waals surface area (Å²) in [4.78, 5) is 35.0. The molecule has 1 aliphatic carbocycles. The van der Waals surface area contributed by atoms with Crippen LogP contribution in [0.4, 0.5) is 5.82 Å². The van der Waals surface area contributed by atoms with E-state index in [0.717, 1.165) is 25.7 Å². The summed E-state index contributed by atoms with van der Waals surface area (Å²) >= 11 is 0. The van der Waals surface area contributed by atoms with E-state index >= 15 is 0 Å². The smallest absolute Gasteiger partial charge is 0.325 e. The third-order valence-corrected chi connectivity index (χ3v) is 4.35. The lowest BCUT2D eigenvalue weighted by atomic mass is 9.95. The summed E-state index contributed by atoms with van der Waals surface area (Å²) in [7, 11) is 0. The molecule has 3 N–H and O–H groups in total. The van der Waals surface area contributed by atoms with Crippen molar-refractivity contribution >= 4 is 23.6 Å². The zero-order valence-corrected chi connectivity index (χ0v) is 14.8. The number of carbonyl (C=O) groups is 3. The zero-order valence-electron chi connectivity index (χ0n) is 14.8. The van der Waals surface area contributed by atoms with E-state index in [-0.39, 0.29) is 36.4 Å². The van der Waals surface area contributed by atoms with Crippen molar-refractivity contribution in [2.75, 3.05) is 5.32 Å². The van der Waals surface area contributed by atoms with Crippen LogP contribution < -0.4 is 10.6 Å². The molecule has 0 radical (unpaired) electrons. The van der Waals surface area contributed by atoms with E-state index in [1.807, 2.05) is 0 Å². The van der Waals surface area contributed by atoms with Crippen molar-refractivity contribution < 1.29 is 19.5 Å². The maximum absolute atomic E-state index is 12.2. The van der Waals surface area contributed by atoms with Gasteiger partial charge in [0.1, 0.15) is 13.1 Å². The third kappa shape index (κ3) is 5.40. The van der Waals surface area contributed by atoms with Crippen LogP contribution in [0.5, 0.6) is 0 Å². The van der Waals surface area contributed by atoms with Crippen LogP contribution in [-0.2, 0) is 22.7 Å². The van der Waals surface area contributed by atoms with Crippen molar-refractivity contribution in [2.24, 2.45) is 0 Å². The minimum atomic E-state index is -1.02. The molecule has 0 aliphatic heterocycles. The Hall–Kier alpha value is -3.17. The predicted molar refractivity (Wildman–Crippen MR) is 95.1 cm³/mol. The predicted octanol–water partition coefficient (Wildman–Crippen LogP) is 0.865. The van der Waals surface area contributed by atoms with E-state index in [1.54, 1.807) is 0 Å². The second kappa shape index (κ2) is 8.47. The molecule has 10 heteroatoms. The zero-order chi connectivity index (χ0) is 19.2. The van der Waals surface area contributed by atoms with Gasteiger partial charge in [0.05, 0.1) is 11.8 Å². The summed E-state index contributed by atoms with van der Waals surface area (Å²) in [6.45, 7) is -0.235. The molecule has 0 aromatic carbocycles. The first-order valence-electron chi connectivity index (χ1n) is 8.88. The highest BCUT2D eigenvalue weighted by atomic mass is 16.4. The fourth-order valence-corrected chi connectivity index (χ4v) is 3.08. The summed E-state index contributed by atoms with van der Waals surface area (Å²) in [5.41, 5.74) is 0.285. The van der Waals surface area contributed by atoms with Gasteiger partial charge in [-0.1, -0.05) is 19.3 Å². The van der Waals surface area contributed by atoms with Gasteiger partial charge in [-0.3, -0.25) is 23.7 Å².